The van der Waals surface area contributed by atoms with Gasteiger partial charge in [0.1, 0.15) is 0 Å². The van der Waals surface area contributed by atoms with Crippen molar-refractivity contribution in [2.45, 2.75) is 13.5 Å². The third-order valence-corrected chi connectivity index (χ3v) is 2.09. The van der Waals surface area contributed by atoms with Gasteiger partial charge in [-0.1, -0.05) is 24.3 Å². The molecule has 1 aromatic rings. The molecule has 0 atom stereocenters. The molecule has 0 spiro atoms. The minimum Gasteiger partial charge on any atom is -0.423 e. The van der Waals surface area contributed by atoms with Crippen LogP contribution in [0.1, 0.15) is 12.5 Å². The average Bonchev–Trinajstić information content (AvgIpc) is 2.29. The standard InChI is InChI=1S/C11H17BO4/c1-2-15-6-7-16-9-10-4-3-5-11(8-10)12(13)14/h3-5,8,13-14H,2,6-7,9H2,1H3. The van der Waals surface area contributed by atoms with Gasteiger partial charge in [0.2, 0.25) is 0 Å². The number of hydrogen-bond acceptors (Lipinski definition) is 4. The third-order valence-electron chi connectivity index (χ3n) is 2.09. The molecule has 0 heterocycles. The van der Waals surface area contributed by atoms with Crippen molar-refractivity contribution < 1.29 is 19.5 Å². The zero-order valence-electron chi connectivity index (χ0n) is 9.43. The number of hydrogen-bond donors (Lipinski definition) is 2. The maximum absolute atomic E-state index is 8.98. The van der Waals surface area contributed by atoms with Gasteiger partial charge in [-0.05, 0) is 17.9 Å². The summed E-state index contributed by atoms with van der Waals surface area (Å²) in [4.78, 5) is 0. The Balaban J connectivity index is 2.33. The van der Waals surface area contributed by atoms with E-state index in [2.05, 4.69) is 0 Å². The number of rotatable bonds is 7. The summed E-state index contributed by atoms with van der Waals surface area (Å²) in [5.74, 6) is 0. The number of benzene rings is 1. The largest absolute Gasteiger partial charge is 0.488 e. The van der Waals surface area contributed by atoms with E-state index in [0.29, 0.717) is 31.9 Å². The van der Waals surface area contributed by atoms with E-state index in [1.807, 2.05) is 13.0 Å². The molecule has 5 heteroatoms. The molecule has 0 aromatic heterocycles. The fourth-order valence-electron chi connectivity index (χ4n) is 1.30. The summed E-state index contributed by atoms with van der Waals surface area (Å²) in [5.41, 5.74) is 1.40. The van der Waals surface area contributed by atoms with Crippen LogP contribution in [0.3, 0.4) is 0 Å². The summed E-state index contributed by atoms with van der Waals surface area (Å²) in [6, 6.07) is 7.03. The van der Waals surface area contributed by atoms with Crippen molar-refractivity contribution in [2.24, 2.45) is 0 Å². The normalized spacial score (nSPS) is 10.4. The summed E-state index contributed by atoms with van der Waals surface area (Å²) in [7, 11) is -1.43. The van der Waals surface area contributed by atoms with Crippen molar-refractivity contribution in [3.05, 3.63) is 29.8 Å². The second kappa shape index (κ2) is 7.41. The lowest BCUT2D eigenvalue weighted by molar-refractivity contribution is 0.0453. The Morgan fingerprint density at radius 3 is 2.62 bits per heavy atom. The van der Waals surface area contributed by atoms with Crippen molar-refractivity contribution in [1.82, 2.24) is 0 Å². The van der Waals surface area contributed by atoms with Crippen LogP contribution in [0.4, 0.5) is 0 Å². The predicted octanol–water partition coefficient (Wildman–Crippen LogP) is -0.0805. The first-order chi connectivity index (χ1) is 7.74. The van der Waals surface area contributed by atoms with E-state index in [1.165, 1.54) is 0 Å². The summed E-state index contributed by atoms with van der Waals surface area (Å²) in [6.45, 7) is 4.20. The van der Waals surface area contributed by atoms with Crippen LogP contribution >= 0.6 is 0 Å². The first-order valence-corrected chi connectivity index (χ1v) is 5.34. The molecule has 4 nitrogen and oxygen atoms in total. The Morgan fingerprint density at radius 2 is 1.94 bits per heavy atom. The van der Waals surface area contributed by atoms with Gasteiger partial charge in [-0.2, -0.15) is 0 Å². The van der Waals surface area contributed by atoms with E-state index in [9.17, 15) is 0 Å². The molecule has 0 saturated carbocycles. The van der Waals surface area contributed by atoms with Gasteiger partial charge in [0.05, 0.1) is 19.8 Å². The molecular formula is C11H17BO4. The van der Waals surface area contributed by atoms with Crippen LogP contribution < -0.4 is 5.46 Å². The van der Waals surface area contributed by atoms with E-state index >= 15 is 0 Å². The molecule has 2 N–H and O–H groups in total. The molecule has 0 amide bonds. The van der Waals surface area contributed by atoms with Crippen molar-refractivity contribution in [2.75, 3.05) is 19.8 Å². The zero-order valence-corrected chi connectivity index (χ0v) is 9.43. The molecule has 0 aliphatic heterocycles. The minimum atomic E-state index is -1.43. The topological polar surface area (TPSA) is 58.9 Å². The highest BCUT2D eigenvalue weighted by molar-refractivity contribution is 6.58. The van der Waals surface area contributed by atoms with Crippen LogP contribution in [0.2, 0.25) is 0 Å². The van der Waals surface area contributed by atoms with Gasteiger partial charge in [0.15, 0.2) is 0 Å². The lowest BCUT2D eigenvalue weighted by Crippen LogP contribution is -2.29. The van der Waals surface area contributed by atoms with E-state index in [-0.39, 0.29) is 0 Å². The van der Waals surface area contributed by atoms with Gasteiger partial charge in [-0.3, -0.25) is 0 Å². The summed E-state index contributed by atoms with van der Waals surface area (Å²) in [5, 5.41) is 18.0. The Kier molecular flexibility index (Phi) is 6.11. The Labute approximate surface area is 96.0 Å². The van der Waals surface area contributed by atoms with E-state index in [0.717, 1.165) is 5.56 Å². The maximum Gasteiger partial charge on any atom is 0.488 e. The predicted molar refractivity (Wildman–Crippen MR) is 62.4 cm³/mol. The van der Waals surface area contributed by atoms with Crippen LogP contribution in [0.15, 0.2) is 24.3 Å². The molecule has 0 aliphatic carbocycles. The highest BCUT2D eigenvalue weighted by Gasteiger charge is 2.10. The van der Waals surface area contributed by atoms with Crippen LogP contribution in [0.25, 0.3) is 0 Å². The molecular weight excluding hydrogens is 207 g/mol. The molecule has 0 bridgehead atoms. The first kappa shape index (κ1) is 13.2. The highest BCUT2D eigenvalue weighted by atomic mass is 16.5. The Bertz CT molecular complexity index is 304. The molecule has 88 valence electrons. The molecule has 16 heavy (non-hydrogen) atoms. The van der Waals surface area contributed by atoms with Crippen molar-refractivity contribution in [1.29, 1.82) is 0 Å². The number of ether oxygens (including phenoxy) is 2. The molecule has 0 fully saturated rings. The fourth-order valence-corrected chi connectivity index (χ4v) is 1.30. The zero-order chi connectivity index (χ0) is 11.8. The quantitative estimate of drug-likeness (QED) is 0.502. The second-order valence-electron chi connectivity index (χ2n) is 3.37. The minimum absolute atomic E-state index is 0.452. The Morgan fingerprint density at radius 1 is 1.19 bits per heavy atom. The molecule has 0 saturated heterocycles. The highest BCUT2D eigenvalue weighted by Crippen LogP contribution is 1.99. The van der Waals surface area contributed by atoms with Crippen molar-refractivity contribution >= 4 is 12.6 Å². The van der Waals surface area contributed by atoms with E-state index < -0.39 is 7.12 Å². The lowest BCUT2D eigenvalue weighted by Gasteiger charge is -2.06. The van der Waals surface area contributed by atoms with Gasteiger partial charge in [-0.15, -0.1) is 0 Å². The maximum atomic E-state index is 8.98. The molecule has 0 unspecified atom stereocenters. The van der Waals surface area contributed by atoms with E-state index in [4.69, 9.17) is 19.5 Å². The van der Waals surface area contributed by atoms with Crippen molar-refractivity contribution in [3.8, 4) is 0 Å². The van der Waals surface area contributed by atoms with Crippen molar-refractivity contribution in [3.63, 3.8) is 0 Å². The molecule has 0 radical (unpaired) electrons. The average molecular weight is 224 g/mol. The van der Waals surface area contributed by atoms with Crippen LogP contribution in [0, 0.1) is 0 Å². The van der Waals surface area contributed by atoms with Gasteiger partial charge in [0, 0.05) is 6.61 Å². The van der Waals surface area contributed by atoms with E-state index in [1.54, 1.807) is 18.2 Å². The Hall–Kier alpha value is -0.875. The van der Waals surface area contributed by atoms with Gasteiger partial charge in [0.25, 0.3) is 0 Å². The first-order valence-electron chi connectivity index (χ1n) is 5.34. The smallest absolute Gasteiger partial charge is 0.423 e. The third kappa shape index (κ3) is 4.76. The van der Waals surface area contributed by atoms with Crippen LogP contribution in [-0.4, -0.2) is 37.0 Å². The van der Waals surface area contributed by atoms with Gasteiger partial charge in [-0.25, -0.2) is 0 Å². The second-order valence-corrected chi connectivity index (χ2v) is 3.37. The van der Waals surface area contributed by atoms with Gasteiger partial charge < -0.3 is 19.5 Å². The van der Waals surface area contributed by atoms with Gasteiger partial charge >= 0.3 is 7.12 Å². The van der Waals surface area contributed by atoms with Crippen LogP contribution in [0.5, 0.6) is 0 Å². The monoisotopic (exact) mass is 224 g/mol. The summed E-state index contributed by atoms with van der Waals surface area (Å²) >= 11 is 0. The molecule has 1 aromatic carbocycles. The fraction of sp³-hybridized carbons (Fsp3) is 0.455. The van der Waals surface area contributed by atoms with Crippen LogP contribution in [-0.2, 0) is 16.1 Å². The molecule has 0 aliphatic rings. The SMILES string of the molecule is CCOCCOCc1cccc(B(O)O)c1. The summed E-state index contributed by atoms with van der Waals surface area (Å²) < 4.78 is 10.5. The summed E-state index contributed by atoms with van der Waals surface area (Å²) in [6.07, 6.45) is 0. The molecule has 1 rings (SSSR count). The lowest BCUT2D eigenvalue weighted by atomic mass is 9.80.